The van der Waals surface area contributed by atoms with Crippen LogP contribution in [0.4, 0.5) is 0 Å². The predicted molar refractivity (Wildman–Crippen MR) is 92.3 cm³/mol. The van der Waals surface area contributed by atoms with Crippen molar-refractivity contribution in [2.24, 2.45) is 0 Å². The molecular weight excluding hydrogens is 330 g/mol. The summed E-state index contributed by atoms with van der Waals surface area (Å²) in [6.45, 7) is 2.72. The first kappa shape index (κ1) is 25.4. The zero-order valence-corrected chi connectivity index (χ0v) is 16.6. The molecule has 0 aromatic carbocycles. The van der Waals surface area contributed by atoms with Gasteiger partial charge >= 0.3 is 11.9 Å². The van der Waals surface area contributed by atoms with Gasteiger partial charge in [-0.1, -0.05) is 51.9 Å². The number of quaternary nitrogens is 1. The Morgan fingerprint density at radius 1 is 0.958 bits per heavy atom. The van der Waals surface area contributed by atoms with E-state index in [0.717, 1.165) is 19.3 Å². The van der Waals surface area contributed by atoms with Crippen LogP contribution in [0, 0.1) is 0 Å². The van der Waals surface area contributed by atoms with E-state index in [4.69, 9.17) is 9.84 Å². The first-order valence-corrected chi connectivity index (χ1v) is 8.96. The molecule has 144 valence electrons. The third-order valence-electron chi connectivity index (χ3n) is 3.69. The number of rotatable bonds is 14. The minimum atomic E-state index is -0.927. The van der Waals surface area contributed by atoms with Gasteiger partial charge in [0.05, 0.1) is 27.6 Å². The number of halogens is 1. The highest BCUT2D eigenvalue weighted by Gasteiger charge is 2.24. The maximum Gasteiger partial charge on any atom is 0.307 e. The maximum absolute atomic E-state index is 11.9. The fourth-order valence-corrected chi connectivity index (χ4v) is 2.60. The second-order valence-electron chi connectivity index (χ2n) is 7.41. The number of aliphatic carboxylic acids is 1. The molecule has 1 atom stereocenters. The molecule has 0 aliphatic carbocycles. The van der Waals surface area contributed by atoms with E-state index >= 15 is 0 Å². The van der Waals surface area contributed by atoms with Crippen molar-refractivity contribution in [1.82, 2.24) is 0 Å². The molecule has 0 saturated heterocycles. The van der Waals surface area contributed by atoms with Crippen LogP contribution in [0.15, 0.2) is 0 Å². The molecule has 24 heavy (non-hydrogen) atoms. The highest BCUT2D eigenvalue weighted by Crippen LogP contribution is 2.11. The molecule has 5 nitrogen and oxygen atoms in total. The number of hydrogen-bond acceptors (Lipinski definition) is 3. The minimum Gasteiger partial charge on any atom is -1.00 e. The second-order valence-corrected chi connectivity index (χ2v) is 7.41. The van der Waals surface area contributed by atoms with Crippen LogP contribution >= 0.6 is 0 Å². The van der Waals surface area contributed by atoms with E-state index in [2.05, 4.69) is 6.92 Å². The van der Waals surface area contributed by atoms with Crippen LogP contribution in [-0.2, 0) is 14.3 Å². The summed E-state index contributed by atoms with van der Waals surface area (Å²) in [6, 6.07) is 0. The van der Waals surface area contributed by atoms with E-state index in [1.54, 1.807) is 0 Å². The first-order chi connectivity index (χ1) is 10.7. The summed E-state index contributed by atoms with van der Waals surface area (Å²) in [7, 11) is 5.88. The average Bonchev–Trinajstić information content (AvgIpc) is 2.39. The number of esters is 1. The molecule has 0 aromatic heterocycles. The summed E-state index contributed by atoms with van der Waals surface area (Å²) in [5.74, 6) is -1.20. The Bertz CT molecular complexity index is 342. The molecule has 6 heteroatoms. The number of unbranched alkanes of at least 4 members (excludes halogenated alkanes) is 7. The number of carbonyl (C=O) groups excluding carboxylic acids is 1. The van der Waals surface area contributed by atoms with Gasteiger partial charge in [0.25, 0.3) is 0 Å². The van der Waals surface area contributed by atoms with Crippen molar-refractivity contribution in [2.45, 2.75) is 77.2 Å². The number of likely N-dealkylation sites (N-methyl/N-ethyl adjacent to an activating group) is 1. The predicted octanol–water partition coefficient (Wildman–Crippen LogP) is 0.614. The molecule has 1 unspecified atom stereocenters. The molecule has 0 saturated carbocycles. The zero-order chi connectivity index (χ0) is 17.7. The Morgan fingerprint density at radius 2 is 1.46 bits per heavy atom. The van der Waals surface area contributed by atoms with Gasteiger partial charge in [-0.2, -0.15) is 0 Å². The van der Waals surface area contributed by atoms with E-state index in [9.17, 15) is 9.59 Å². The van der Waals surface area contributed by atoms with Crippen molar-refractivity contribution in [3.05, 3.63) is 0 Å². The van der Waals surface area contributed by atoms with Crippen LogP contribution in [0.3, 0.4) is 0 Å². The van der Waals surface area contributed by atoms with Crippen LogP contribution in [0.5, 0.6) is 0 Å². The average molecular weight is 366 g/mol. The highest BCUT2D eigenvalue weighted by molar-refractivity contribution is 5.71. The Balaban J connectivity index is 0. The number of carbonyl (C=O) groups is 2. The highest BCUT2D eigenvalue weighted by atomic mass is 35.5. The van der Waals surface area contributed by atoms with Crippen molar-refractivity contribution < 1.29 is 36.3 Å². The number of hydrogen-bond donors (Lipinski definition) is 1. The Hall–Kier alpha value is -0.810. The van der Waals surface area contributed by atoms with Gasteiger partial charge in [0.2, 0.25) is 0 Å². The SMILES string of the molecule is CCCCCCCCCCC(=O)OC(CC(=O)O)C[N+](C)(C)C.[Cl-]. The molecule has 0 aliphatic rings. The van der Waals surface area contributed by atoms with Gasteiger partial charge in [-0.25, -0.2) is 0 Å². The normalized spacial score (nSPS) is 12.3. The van der Waals surface area contributed by atoms with E-state index in [1.165, 1.54) is 32.1 Å². The van der Waals surface area contributed by atoms with Gasteiger partial charge < -0.3 is 26.7 Å². The smallest absolute Gasteiger partial charge is 0.307 e. The van der Waals surface area contributed by atoms with Crippen LogP contribution in [0.1, 0.15) is 71.1 Å². The fourth-order valence-electron chi connectivity index (χ4n) is 2.60. The van der Waals surface area contributed by atoms with Gasteiger partial charge in [0.1, 0.15) is 6.54 Å². The molecular formula is C18H36ClNO4. The van der Waals surface area contributed by atoms with Crippen LogP contribution in [0.25, 0.3) is 0 Å². The van der Waals surface area contributed by atoms with Crippen molar-refractivity contribution in [2.75, 3.05) is 27.7 Å². The van der Waals surface area contributed by atoms with Gasteiger partial charge in [0, 0.05) is 6.42 Å². The summed E-state index contributed by atoms with van der Waals surface area (Å²) in [5, 5.41) is 8.93. The summed E-state index contributed by atoms with van der Waals surface area (Å²) in [6.07, 6.45) is 9.14. The molecule has 0 aromatic rings. The summed E-state index contributed by atoms with van der Waals surface area (Å²) in [5.41, 5.74) is 0. The topological polar surface area (TPSA) is 63.6 Å². The lowest BCUT2D eigenvalue weighted by molar-refractivity contribution is -0.873. The lowest BCUT2D eigenvalue weighted by atomic mass is 10.1. The third-order valence-corrected chi connectivity index (χ3v) is 3.69. The number of ether oxygens (including phenoxy) is 1. The second kappa shape index (κ2) is 14.5. The molecule has 0 bridgehead atoms. The van der Waals surface area contributed by atoms with E-state index in [-0.39, 0.29) is 24.8 Å². The van der Waals surface area contributed by atoms with Crippen molar-refractivity contribution >= 4 is 11.9 Å². The Kier molecular flexibility index (Phi) is 15.4. The molecule has 0 rings (SSSR count). The van der Waals surface area contributed by atoms with Crippen LogP contribution in [-0.4, -0.2) is 55.3 Å². The monoisotopic (exact) mass is 365 g/mol. The van der Waals surface area contributed by atoms with E-state index < -0.39 is 12.1 Å². The number of nitrogens with zero attached hydrogens (tertiary/aromatic N) is 1. The first-order valence-electron chi connectivity index (χ1n) is 8.96. The summed E-state index contributed by atoms with van der Waals surface area (Å²) < 4.78 is 5.93. The van der Waals surface area contributed by atoms with Crippen LogP contribution in [0.2, 0.25) is 0 Å². The molecule has 0 amide bonds. The van der Waals surface area contributed by atoms with Crippen LogP contribution < -0.4 is 12.4 Å². The van der Waals surface area contributed by atoms with E-state index in [1.807, 2.05) is 21.1 Å². The Morgan fingerprint density at radius 3 is 1.92 bits per heavy atom. The molecule has 0 radical (unpaired) electrons. The molecule has 1 N–H and O–H groups in total. The molecule has 0 heterocycles. The zero-order valence-electron chi connectivity index (χ0n) is 15.9. The van der Waals surface area contributed by atoms with Gasteiger partial charge in [-0.15, -0.1) is 0 Å². The maximum atomic E-state index is 11.9. The van der Waals surface area contributed by atoms with Crippen molar-refractivity contribution in [3.63, 3.8) is 0 Å². The van der Waals surface area contributed by atoms with Gasteiger partial charge in [-0.05, 0) is 6.42 Å². The molecule has 0 spiro atoms. The van der Waals surface area contributed by atoms with Crippen molar-refractivity contribution in [3.8, 4) is 0 Å². The van der Waals surface area contributed by atoms with E-state index in [0.29, 0.717) is 17.4 Å². The largest absolute Gasteiger partial charge is 1.00 e. The minimum absolute atomic E-state index is 0. The van der Waals surface area contributed by atoms with Gasteiger partial charge in [0.15, 0.2) is 6.10 Å². The lowest BCUT2D eigenvalue weighted by Gasteiger charge is -2.28. The lowest BCUT2D eigenvalue weighted by Crippen LogP contribution is -3.00. The molecule has 0 fully saturated rings. The number of carboxylic acid groups (broad SMARTS) is 1. The quantitative estimate of drug-likeness (QED) is 0.278. The summed E-state index contributed by atoms with van der Waals surface area (Å²) >= 11 is 0. The van der Waals surface area contributed by atoms with Gasteiger partial charge in [-0.3, -0.25) is 9.59 Å². The Labute approximate surface area is 153 Å². The standard InChI is InChI=1S/C18H35NO4.ClH/c1-5-6-7-8-9-10-11-12-13-18(22)23-16(14-17(20)21)15-19(2,3)4;/h16H,5-15H2,1-4H3;1H. The summed E-state index contributed by atoms with van der Waals surface area (Å²) in [4.78, 5) is 22.8. The molecule has 0 aliphatic heterocycles. The van der Waals surface area contributed by atoms with Crippen molar-refractivity contribution in [1.29, 1.82) is 0 Å². The fraction of sp³-hybridized carbons (Fsp3) is 0.889. The third kappa shape index (κ3) is 17.5. The number of carboxylic acids is 1.